The van der Waals surface area contributed by atoms with Crippen LogP contribution >= 0.6 is 0 Å². The molecule has 0 aromatic heterocycles. The topological polar surface area (TPSA) is 3.24 Å². The maximum Gasteiger partial charge on any atom is 0.392 e. The lowest BCUT2D eigenvalue weighted by atomic mass is 9.86. The first kappa shape index (κ1) is 11.2. The molecule has 4 heteroatoms. The summed E-state index contributed by atoms with van der Waals surface area (Å²) in [5.41, 5.74) is 0. The Morgan fingerprint density at radius 3 is 2.33 bits per heavy atom. The standard InChI is InChI=1S/C11H18F3N/c1-8-6-15(7-9-2-3-9)5-4-10(8)11(12,13)14/h8-10H,2-7H2,1H3/t8-,10-/m0/s1. The third-order valence-electron chi connectivity index (χ3n) is 3.62. The van der Waals surface area contributed by atoms with E-state index >= 15 is 0 Å². The van der Waals surface area contributed by atoms with Gasteiger partial charge in [-0.25, -0.2) is 0 Å². The van der Waals surface area contributed by atoms with Crippen LogP contribution < -0.4 is 0 Å². The zero-order valence-electron chi connectivity index (χ0n) is 9.06. The predicted molar refractivity (Wildman–Crippen MR) is 52.5 cm³/mol. The first-order valence-electron chi connectivity index (χ1n) is 5.76. The Kier molecular flexibility index (Phi) is 2.97. The summed E-state index contributed by atoms with van der Waals surface area (Å²) in [6, 6.07) is 0. The highest BCUT2D eigenvalue weighted by molar-refractivity contribution is 4.85. The number of likely N-dealkylation sites (tertiary alicyclic amines) is 1. The molecule has 2 rings (SSSR count). The molecule has 1 saturated carbocycles. The molecule has 2 aliphatic rings. The van der Waals surface area contributed by atoms with E-state index in [9.17, 15) is 13.2 Å². The normalized spacial score (nSPS) is 34.4. The van der Waals surface area contributed by atoms with Gasteiger partial charge in [-0.15, -0.1) is 0 Å². The molecule has 2 atom stereocenters. The first-order chi connectivity index (χ1) is 6.97. The molecule has 1 heterocycles. The second kappa shape index (κ2) is 3.96. The maximum atomic E-state index is 12.6. The molecule has 1 saturated heterocycles. The third kappa shape index (κ3) is 2.86. The summed E-state index contributed by atoms with van der Waals surface area (Å²) in [6.07, 6.45) is -1.16. The monoisotopic (exact) mass is 221 g/mol. The SMILES string of the molecule is C[C@H]1CN(CC2CC2)CC[C@@H]1C(F)(F)F. The van der Waals surface area contributed by atoms with E-state index in [2.05, 4.69) is 4.90 Å². The molecule has 0 radical (unpaired) electrons. The maximum absolute atomic E-state index is 12.6. The van der Waals surface area contributed by atoms with Crippen molar-refractivity contribution in [3.05, 3.63) is 0 Å². The number of rotatable bonds is 2. The third-order valence-corrected chi connectivity index (χ3v) is 3.62. The van der Waals surface area contributed by atoms with Gasteiger partial charge in [0.15, 0.2) is 0 Å². The van der Waals surface area contributed by atoms with Crippen molar-refractivity contribution in [2.45, 2.75) is 32.4 Å². The van der Waals surface area contributed by atoms with E-state index in [1.807, 2.05) is 0 Å². The molecule has 1 aliphatic heterocycles. The van der Waals surface area contributed by atoms with Crippen LogP contribution in [-0.4, -0.2) is 30.7 Å². The lowest BCUT2D eigenvalue weighted by Gasteiger charge is -2.37. The zero-order valence-corrected chi connectivity index (χ0v) is 9.06. The van der Waals surface area contributed by atoms with Crippen LogP contribution in [0.15, 0.2) is 0 Å². The highest BCUT2D eigenvalue weighted by Gasteiger charge is 2.45. The minimum atomic E-state index is -3.99. The van der Waals surface area contributed by atoms with Crippen LogP contribution in [0.3, 0.4) is 0 Å². The second-order valence-corrected chi connectivity index (χ2v) is 5.12. The molecule has 15 heavy (non-hydrogen) atoms. The molecule has 0 aromatic carbocycles. The summed E-state index contributed by atoms with van der Waals surface area (Å²) in [6.45, 7) is 4.01. The Hall–Kier alpha value is -0.250. The molecule has 0 bridgehead atoms. The molecule has 0 aromatic rings. The highest BCUT2D eigenvalue weighted by atomic mass is 19.4. The van der Waals surface area contributed by atoms with Crippen LogP contribution in [0.5, 0.6) is 0 Å². The van der Waals surface area contributed by atoms with Crippen molar-refractivity contribution in [2.75, 3.05) is 19.6 Å². The van der Waals surface area contributed by atoms with Crippen LogP contribution in [0.4, 0.5) is 13.2 Å². The summed E-state index contributed by atoms with van der Waals surface area (Å²) in [7, 11) is 0. The van der Waals surface area contributed by atoms with Crippen LogP contribution in [0, 0.1) is 17.8 Å². The number of halogens is 3. The zero-order chi connectivity index (χ0) is 11.1. The van der Waals surface area contributed by atoms with Crippen LogP contribution in [0.1, 0.15) is 26.2 Å². The summed E-state index contributed by atoms with van der Waals surface area (Å²) in [5.74, 6) is -0.537. The Morgan fingerprint density at radius 2 is 1.87 bits per heavy atom. The van der Waals surface area contributed by atoms with Gasteiger partial charge < -0.3 is 4.90 Å². The molecule has 0 amide bonds. The van der Waals surface area contributed by atoms with Crippen molar-refractivity contribution < 1.29 is 13.2 Å². The Labute approximate surface area is 88.6 Å². The van der Waals surface area contributed by atoms with Crippen molar-refractivity contribution in [3.8, 4) is 0 Å². The minimum absolute atomic E-state index is 0.238. The molecule has 0 spiro atoms. The van der Waals surface area contributed by atoms with E-state index in [1.54, 1.807) is 6.92 Å². The Bertz CT molecular complexity index is 222. The lowest BCUT2D eigenvalue weighted by Crippen LogP contribution is -2.45. The van der Waals surface area contributed by atoms with E-state index < -0.39 is 12.1 Å². The van der Waals surface area contributed by atoms with Gasteiger partial charge in [-0.05, 0) is 37.6 Å². The Balaban J connectivity index is 1.84. The van der Waals surface area contributed by atoms with Gasteiger partial charge in [0.2, 0.25) is 0 Å². The van der Waals surface area contributed by atoms with Gasteiger partial charge in [0.05, 0.1) is 5.92 Å². The predicted octanol–water partition coefficient (Wildman–Crippen LogP) is 2.92. The molecule has 2 fully saturated rings. The summed E-state index contributed by atoms with van der Waals surface area (Å²) >= 11 is 0. The van der Waals surface area contributed by atoms with E-state index in [1.165, 1.54) is 12.8 Å². The molecule has 0 unspecified atom stereocenters. The van der Waals surface area contributed by atoms with Crippen molar-refractivity contribution in [1.82, 2.24) is 4.90 Å². The summed E-state index contributed by atoms with van der Waals surface area (Å²) in [4.78, 5) is 2.21. The minimum Gasteiger partial charge on any atom is -0.303 e. The number of hydrogen-bond donors (Lipinski definition) is 0. The molecular weight excluding hydrogens is 203 g/mol. The van der Waals surface area contributed by atoms with E-state index in [4.69, 9.17) is 0 Å². The second-order valence-electron chi connectivity index (χ2n) is 5.12. The van der Waals surface area contributed by atoms with Gasteiger partial charge in [-0.1, -0.05) is 6.92 Å². The average molecular weight is 221 g/mol. The quantitative estimate of drug-likeness (QED) is 0.693. The van der Waals surface area contributed by atoms with Gasteiger partial charge in [-0.2, -0.15) is 13.2 Å². The largest absolute Gasteiger partial charge is 0.392 e. The van der Waals surface area contributed by atoms with Gasteiger partial charge in [0.1, 0.15) is 0 Å². The molecular formula is C11H18F3N. The number of hydrogen-bond acceptors (Lipinski definition) is 1. The lowest BCUT2D eigenvalue weighted by molar-refractivity contribution is -0.198. The van der Waals surface area contributed by atoms with E-state index in [-0.39, 0.29) is 12.3 Å². The van der Waals surface area contributed by atoms with Crippen LogP contribution in [-0.2, 0) is 0 Å². The average Bonchev–Trinajstić information content (AvgIpc) is 2.85. The van der Waals surface area contributed by atoms with E-state index in [0.717, 1.165) is 12.5 Å². The fraction of sp³-hybridized carbons (Fsp3) is 1.00. The molecule has 88 valence electrons. The molecule has 0 N–H and O–H groups in total. The number of nitrogens with zero attached hydrogens (tertiary/aromatic N) is 1. The van der Waals surface area contributed by atoms with Crippen LogP contribution in [0.2, 0.25) is 0 Å². The smallest absolute Gasteiger partial charge is 0.303 e. The van der Waals surface area contributed by atoms with Crippen molar-refractivity contribution in [1.29, 1.82) is 0 Å². The van der Waals surface area contributed by atoms with Crippen LogP contribution in [0.25, 0.3) is 0 Å². The number of piperidine rings is 1. The Morgan fingerprint density at radius 1 is 1.20 bits per heavy atom. The molecule has 1 aliphatic carbocycles. The fourth-order valence-electron chi connectivity index (χ4n) is 2.55. The van der Waals surface area contributed by atoms with Gasteiger partial charge in [0.25, 0.3) is 0 Å². The molecule has 1 nitrogen and oxygen atoms in total. The summed E-state index contributed by atoms with van der Waals surface area (Å²) in [5, 5.41) is 0. The van der Waals surface area contributed by atoms with Gasteiger partial charge in [-0.3, -0.25) is 0 Å². The van der Waals surface area contributed by atoms with Crippen molar-refractivity contribution >= 4 is 0 Å². The van der Waals surface area contributed by atoms with Gasteiger partial charge in [0, 0.05) is 13.1 Å². The first-order valence-corrected chi connectivity index (χ1v) is 5.76. The van der Waals surface area contributed by atoms with Gasteiger partial charge >= 0.3 is 6.18 Å². The van der Waals surface area contributed by atoms with Crippen molar-refractivity contribution in [2.24, 2.45) is 17.8 Å². The van der Waals surface area contributed by atoms with Crippen molar-refractivity contribution in [3.63, 3.8) is 0 Å². The highest BCUT2D eigenvalue weighted by Crippen LogP contribution is 2.39. The summed E-state index contributed by atoms with van der Waals surface area (Å²) < 4.78 is 37.7. The fourth-order valence-corrected chi connectivity index (χ4v) is 2.55. The number of alkyl halides is 3. The van der Waals surface area contributed by atoms with E-state index in [0.29, 0.717) is 13.1 Å².